The van der Waals surface area contributed by atoms with E-state index in [1.54, 1.807) is 0 Å². The Labute approximate surface area is 93.1 Å². The van der Waals surface area contributed by atoms with Crippen molar-refractivity contribution in [2.75, 3.05) is 33.7 Å². The van der Waals surface area contributed by atoms with Gasteiger partial charge < -0.3 is 15.5 Å². The molecule has 1 unspecified atom stereocenters. The summed E-state index contributed by atoms with van der Waals surface area (Å²) in [6, 6.07) is 0.546. The number of nitrogens with two attached hydrogens (primary N) is 1. The van der Waals surface area contributed by atoms with Crippen LogP contribution in [0.2, 0.25) is 0 Å². The van der Waals surface area contributed by atoms with Crippen molar-refractivity contribution < 1.29 is 0 Å². The molecule has 4 nitrogen and oxygen atoms in total. The number of hydrogen-bond acceptors (Lipinski definition) is 4. The highest BCUT2D eigenvalue weighted by Crippen LogP contribution is 2.14. The van der Waals surface area contributed by atoms with E-state index >= 15 is 0 Å². The molecule has 0 aliphatic carbocycles. The predicted octanol–water partition coefficient (Wildman–Crippen LogP) is 0.737. The highest BCUT2D eigenvalue weighted by atomic mass is 15.3. The van der Waals surface area contributed by atoms with E-state index in [1.807, 2.05) is 0 Å². The highest BCUT2D eigenvalue weighted by molar-refractivity contribution is 5.80. The Hall–Kier alpha value is -0.770. The maximum atomic E-state index is 5.88. The van der Waals surface area contributed by atoms with Gasteiger partial charge in [-0.15, -0.1) is 0 Å². The minimum Gasteiger partial charge on any atom is -0.370 e. The molecule has 1 aliphatic heterocycles. The smallest absolute Gasteiger partial charge is 0.191 e. The van der Waals surface area contributed by atoms with Crippen molar-refractivity contribution in [3.05, 3.63) is 0 Å². The van der Waals surface area contributed by atoms with Crippen LogP contribution in [-0.4, -0.2) is 55.5 Å². The van der Waals surface area contributed by atoms with Crippen LogP contribution in [-0.2, 0) is 0 Å². The van der Waals surface area contributed by atoms with Crippen LogP contribution in [0.5, 0.6) is 0 Å². The van der Waals surface area contributed by atoms with E-state index in [1.165, 1.54) is 19.3 Å². The van der Waals surface area contributed by atoms with Crippen molar-refractivity contribution >= 4 is 5.96 Å². The van der Waals surface area contributed by atoms with Crippen LogP contribution >= 0.6 is 0 Å². The Morgan fingerprint density at radius 2 is 2.27 bits per heavy atom. The third kappa shape index (κ3) is 3.70. The van der Waals surface area contributed by atoms with Gasteiger partial charge in [-0.1, -0.05) is 19.8 Å². The summed E-state index contributed by atoms with van der Waals surface area (Å²) < 4.78 is 0. The third-order valence-electron chi connectivity index (χ3n) is 2.88. The van der Waals surface area contributed by atoms with Crippen molar-refractivity contribution in [1.82, 2.24) is 9.80 Å². The van der Waals surface area contributed by atoms with E-state index in [4.69, 9.17) is 5.73 Å². The molecule has 0 aromatic rings. The normalized spacial score (nSPS) is 21.2. The number of rotatable bonds is 6. The fourth-order valence-electron chi connectivity index (χ4n) is 1.87. The Kier molecular flexibility index (Phi) is 4.88. The highest BCUT2D eigenvalue weighted by Gasteiger charge is 2.24. The van der Waals surface area contributed by atoms with E-state index in [-0.39, 0.29) is 0 Å². The van der Waals surface area contributed by atoms with Crippen LogP contribution < -0.4 is 5.73 Å². The maximum absolute atomic E-state index is 5.88. The quantitative estimate of drug-likeness (QED) is 0.706. The van der Waals surface area contributed by atoms with E-state index in [2.05, 4.69) is 35.8 Å². The van der Waals surface area contributed by atoms with Crippen LogP contribution in [0.1, 0.15) is 26.2 Å². The lowest BCUT2D eigenvalue weighted by Crippen LogP contribution is -2.44. The third-order valence-corrected chi connectivity index (χ3v) is 2.88. The van der Waals surface area contributed by atoms with Crippen molar-refractivity contribution in [3.8, 4) is 0 Å². The van der Waals surface area contributed by atoms with Gasteiger partial charge in [-0.05, 0) is 20.5 Å². The lowest BCUT2D eigenvalue weighted by Gasteiger charge is -2.27. The molecule has 0 saturated heterocycles. The summed E-state index contributed by atoms with van der Waals surface area (Å²) in [4.78, 5) is 8.77. The molecule has 88 valence electrons. The average molecular weight is 212 g/mol. The minimum atomic E-state index is 0.546. The van der Waals surface area contributed by atoms with Gasteiger partial charge in [0.2, 0.25) is 0 Å². The lowest BCUT2D eigenvalue weighted by molar-refractivity contribution is 0.277. The molecule has 0 saturated carbocycles. The van der Waals surface area contributed by atoms with Gasteiger partial charge in [0.25, 0.3) is 0 Å². The second kappa shape index (κ2) is 5.95. The van der Waals surface area contributed by atoms with Gasteiger partial charge in [-0.3, -0.25) is 4.99 Å². The Morgan fingerprint density at radius 1 is 1.53 bits per heavy atom. The average Bonchev–Trinajstić information content (AvgIpc) is 2.53. The van der Waals surface area contributed by atoms with E-state index < -0.39 is 0 Å². The molecule has 1 atom stereocenters. The summed E-state index contributed by atoms with van der Waals surface area (Å²) in [7, 11) is 4.18. The number of likely N-dealkylation sites (N-methyl/N-ethyl adjacent to an activating group) is 1. The van der Waals surface area contributed by atoms with Crippen LogP contribution in [0.4, 0.5) is 0 Å². The minimum absolute atomic E-state index is 0.546. The van der Waals surface area contributed by atoms with Gasteiger partial charge in [-0.2, -0.15) is 0 Å². The topological polar surface area (TPSA) is 44.9 Å². The Bertz CT molecular complexity index is 213. The fraction of sp³-hybridized carbons (Fsp3) is 0.909. The molecule has 1 heterocycles. The second-order valence-corrected chi connectivity index (χ2v) is 4.49. The molecule has 0 spiro atoms. The molecule has 0 radical (unpaired) electrons. The SMILES string of the molecule is CCCCC1CN=C(N)N1CCN(C)C. The summed E-state index contributed by atoms with van der Waals surface area (Å²) in [5.74, 6) is 0.734. The first kappa shape index (κ1) is 12.3. The number of nitrogens with zero attached hydrogens (tertiary/aromatic N) is 3. The fourth-order valence-corrected chi connectivity index (χ4v) is 1.87. The molecule has 0 amide bonds. The van der Waals surface area contributed by atoms with Crippen LogP contribution in [0.25, 0.3) is 0 Å². The largest absolute Gasteiger partial charge is 0.370 e. The number of guanidine groups is 1. The second-order valence-electron chi connectivity index (χ2n) is 4.49. The molecular formula is C11H24N4. The van der Waals surface area contributed by atoms with Crippen molar-refractivity contribution in [2.45, 2.75) is 32.2 Å². The standard InChI is InChI=1S/C11H24N4/c1-4-5-6-10-9-13-11(12)15(10)8-7-14(2)3/h10H,4-9H2,1-3H3,(H2,12,13). The Balaban J connectivity index is 2.38. The van der Waals surface area contributed by atoms with E-state index in [0.29, 0.717) is 6.04 Å². The summed E-state index contributed by atoms with van der Waals surface area (Å²) in [6.45, 7) is 5.15. The molecule has 4 heteroatoms. The molecule has 0 aromatic carbocycles. The van der Waals surface area contributed by atoms with Gasteiger partial charge in [0.05, 0.1) is 12.6 Å². The zero-order chi connectivity index (χ0) is 11.3. The van der Waals surface area contributed by atoms with Gasteiger partial charge in [-0.25, -0.2) is 0 Å². The molecule has 0 fully saturated rings. The summed E-state index contributed by atoms with van der Waals surface area (Å²) in [5.41, 5.74) is 5.88. The molecular weight excluding hydrogens is 188 g/mol. The summed E-state index contributed by atoms with van der Waals surface area (Å²) in [6.07, 6.45) is 3.73. The molecule has 1 rings (SSSR count). The lowest BCUT2D eigenvalue weighted by atomic mass is 10.1. The predicted molar refractivity (Wildman–Crippen MR) is 65.1 cm³/mol. The Morgan fingerprint density at radius 3 is 2.87 bits per heavy atom. The number of unbranched alkanes of at least 4 members (excludes halogenated alkanes) is 1. The number of aliphatic imine (C=N–C) groups is 1. The molecule has 0 bridgehead atoms. The summed E-state index contributed by atoms with van der Waals surface area (Å²) >= 11 is 0. The molecule has 1 aliphatic rings. The molecule has 2 N–H and O–H groups in total. The van der Waals surface area contributed by atoms with Gasteiger partial charge in [0, 0.05) is 13.1 Å². The molecule has 15 heavy (non-hydrogen) atoms. The van der Waals surface area contributed by atoms with Crippen LogP contribution in [0.3, 0.4) is 0 Å². The van der Waals surface area contributed by atoms with Crippen molar-refractivity contribution in [2.24, 2.45) is 10.7 Å². The zero-order valence-electron chi connectivity index (χ0n) is 10.2. The maximum Gasteiger partial charge on any atom is 0.191 e. The van der Waals surface area contributed by atoms with Crippen molar-refractivity contribution in [1.29, 1.82) is 0 Å². The number of hydrogen-bond donors (Lipinski definition) is 1. The van der Waals surface area contributed by atoms with Crippen LogP contribution in [0, 0.1) is 0 Å². The van der Waals surface area contributed by atoms with E-state index in [9.17, 15) is 0 Å². The van der Waals surface area contributed by atoms with Gasteiger partial charge in [0.1, 0.15) is 0 Å². The summed E-state index contributed by atoms with van der Waals surface area (Å²) in [5, 5.41) is 0. The first-order valence-corrected chi connectivity index (χ1v) is 5.86. The first-order chi connectivity index (χ1) is 7.15. The van der Waals surface area contributed by atoms with Crippen molar-refractivity contribution in [3.63, 3.8) is 0 Å². The first-order valence-electron chi connectivity index (χ1n) is 5.86. The van der Waals surface area contributed by atoms with E-state index in [0.717, 1.165) is 25.6 Å². The van der Waals surface area contributed by atoms with Crippen LogP contribution in [0.15, 0.2) is 4.99 Å². The zero-order valence-corrected chi connectivity index (χ0v) is 10.2. The monoisotopic (exact) mass is 212 g/mol. The molecule has 0 aromatic heterocycles. The van der Waals surface area contributed by atoms with Gasteiger partial charge in [0.15, 0.2) is 5.96 Å². The van der Waals surface area contributed by atoms with Gasteiger partial charge >= 0.3 is 0 Å².